The van der Waals surface area contributed by atoms with Crippen LogP contribution in [-0.2, 0) is 9.59 Å². The summed E-state index contributed by atoms with van der Waals surface area (Å²) in [6, 6.07) is 7.49. The maximum atomic E-state index is 12.9. The number of nitrogens with zero attached hydrogens (tertiary/aromatic N) is 3. The molecule has 1 saturated carbocycles. The fourth-order valence-corrected chi connectivity index (χ4v) is 4.50. The first kappa shape index (κ1) is 18.0. The van der Waals surface area contributed by atoms with Gasteiger partial charge in [-0.15, -0.1) is 0 Å². The molecule has 27 heavy (non-hydrogen) atoms. The molecule has 7 nitrogen and oxygen atoms in total. The van der Waals surface area contributed by atoms with Gasteiger partial charge in [-0.1, -0.05) is 23.9 Å². The average molecular weight is 386 g/mol. The van der Waals surface area contributed by atoms with Crippen molar-refractivity contribution in [1.29, 1.82) is 0 Å². The van der Waals surface area contributed by atoms with Crippen LogP contribution in [0.1, 0.15) is 31.7 Å². The molecular formula is C19H22N4O3S. The van der Waals surface area contributed by atoms with Crippen LogP contribution < -0.4 is 11.3 Å². The van der Waals surface area contributed by atoms with E-state index in [9.17, 15) is 14.4 Å². The number of rotatable bonds is 5. The zero-order valence-corrected chi connectivity index (χ0v) is 15.8. The molecule has 2 amide bonds. The summed E-state index contributed by atoms with van der Waals surface area (Å²) in [5, 5.41) is 1.21. The number of likely N-dealkylation sites (tertiary alicyclic amines) is 1. The molecule has 2 fully saturated rings. The fourth-order valence-electron chi connectivity index (χ4n) is 3.54. The number of carbonyl (C=O) groups is 2. The highest BCUT2D eigenvalue weighted by Crippen LogP contribution is 2.36. The SMILES string of the molecule is NC(=O)[C@H]1CCCN(C(=O)CSc2nc3ccccc3c(=O)n2C2CC2)C1. The van der Waals surface area contributed by atoms with E-state index in [1.165, 1.54) is 11.8 Å². The predicted molar refractivity (Wildman–Crippen MR) is 103 cm³/mol. The van der Waals surface area contributed by atoms with E-state index in [0.29, 0.717) is 29.1 Å². The molecule has 1 aliphatic carbocycles. The number of primary amides is 1. The smallest absolute Gasteiger partial charge is 0.262 e. The Kier molecular flexibility index (Phi) is 4.90. The molecule has 0 unspecified atom stereocenters. The summed E-state index contributed by atoms with van der Waals surface area (Å²) in [6.07, 6.45) is 3.45. The van der Waals surface area contributed by atoms with Gasteiger partial charge >= 0.3 is 0 Å². The molecule has 2 aromatic rings. The molecule has 2 N–H and O–H groups in total. The van der Waals surface area contributed by atoms with Crippen LogP contribution in [0.2, 0.25) is 0 Å². The number of carbonyl (C=O) groups excluding carboxylic acids is 2. The lowest BCUT2D eigenvalue weighted by Gasteiger charge is -2.31. The quantitative estimate of drug-likeness (QED) is 0.621. The van der Waals surface area contributed by atoms with Gasteiger partial charge in [-0.2, -0.15) is 0 Å². The summed E-state index contributed by atoms with van der Waals surface area (Å²) in [5.41, 5.74) is 6.01. The third-order valence-corrected chi connectivity index (χ3v) is 6.13. The third kappa shape index (κ3) is 3.71. The number of piperidine rings is 1. The molecule has 0 radical (unpaired) electrons. The number of para-hydroxylation sites is 1. The van der Waals surface area contributed by atoms with Crippen molar-refractivity contribution in [2.24, 2.45) is 11.7 Å². The summed E-state index contributed by atoms with van der Waals surface area (Å²) in [6.45, 7) is 1.03. The number of nitrogens with two attached hydrogens (primary N) is 1. The number of amides is 2. The van der Waals surface area contributed by atoms with Crippen molar-refractivity contribution in [1.82, 2.24) is 14.5 Å². The highest BCUT2D eigenvalue weighted by atomic mass is 32.2. The molecule has 1 atom stereocenters. The minimum atomic E-state index is -0.348. The Morgan fingerprint density at radius 1 is 1.22 bits per heavy atom. The fraction of sp³-hybridized carbons (Fsp3) is 0.474. The Hall–Kier alpha value is -2.35. The van der Waals surface area contributed by atoms with Crippen LogP contribution in [0.3, 0.4) is 0 Å². The van der Waals surface area contributed by atoms with Gasteiger partial charge in [-0.05, 0) is 37.8 Å². The van der Waals surface area contributed by atoms with Crippen LogP contribution >= 0.6 is 11.8 Å². The van der Waals surface area contributed by atoms with Gasteiger partial charge in [0.2, 0.25) is 11.8 Å². The molecular weight excluding hydrogens is 364 g/mol. The van der Waals surface area contributed by atoms with Crippen molar-refractivity contribution in [3.05, 3.63) is 34.6 Å². The normalized spacial score (nSPS) is 20.0. The third-order valence-electron chi connectivity index (χ3n) is 5.19. The van der Waals surface area contributed by atoms with E-state index in [1.807, 2.05) is 18.2 Å². The lowest BCUT2D eigenvalue weighted by atomic mass is 9.97. The van der Waals surface area contributed by atoms with E-state index in [-0.39, 0.29) is 35.1 Å². The van der Waals surface area contributed by atoms with Gasteiger partial charge in [0.1, 0.15) is 0 Å². The Morgan fingerprint density at radius 2 is 2.00 bits per heavy atom. The zero-order valence-electron chi connectivity index (χ0n) is 15.0. The second-order valence-electron chi connectivity index (χ2n) is 7.19. The van der Waals surface area contributed by atoms with Crippen LogP contribution in [0.5, 0.6) is 0 Å². The van der Waals surface area contributed by atoms with Gasteiger partial charge in [0, 0.05) is 19.1 Å². The van der Waals surface area contributed by atoms with Gasteiger partial charge in [0.25, 0.3) is 5.56 Å². The van der Waals surface area contributed by atoms with E-state index in [4.69, 9.17) is 5.73 Å². The molecule has 1 aliphatic heterocycles. The lowest BCUT2D eigenvalue weighted by molar-refractivity contribution is -0.132. The van der Waals surface area contributed by atoms with E-state index in [0.717, 1.165) is 25.7 Å². The first-order chi connectivity index (χ1) is 13.0. The number of hydrogen-bond acceptors (Lipinski definition) is 5. The van der Waals surface area contributed by atoms with Gasteiger partial charge in [0.05, 0.1) is 22.6 Å². The molecule has 0 spiro atoms. The van der Waals surface area contributed by atoms with Crippen molar-refractivity contribution >= 4 is 34.5 Å². The maximum Gasteiger partial charge on any atom is 0.262 e. The van der Waals surface area contributed by atoms with Crippen molar-refractivity contribution in [2.45, 2.75) is 36.9 Å². The highest BCUT2D eigenvalue weighted by Gasteiger charge is 2.30. The van der Waals surface area contributed by atoms with Crippen LogP contribution in [0.4, 0.5) is 0 Å². The van der Waals surface area contributed by atoms with Crippen molar-refractivity contribution < 1.29 is 9.59 Å². The molecule has 0 bridgehead atoms. The monoisotopic (exact) mass is 386 g/mol. The topological polar surface area (TPSA) is 98.3 Å². The average Bonchev–Trinajstić information content (AvgIpc) is 3.51. The molecule has 4 rings (SSSR count). The first-order valence-corrected chi connectivity index (χ1v) is 10.2. The molecule has 8 heteroatoms. The molecule has 2 aliphatic rings. The Balaban J connectivity index is 1.53. The Morgan fingerprint density at radius 3 is 2.74 bits per heavy atom. The standard InChI is InChI=1S/C19H22N4O3S/c20-17(25)12-4-3-9-22(10-12)16(24)11-27-19-21-15-6-2-1-5-14(15)18(26)23(19)13-7-8-13/h1-2,5-6,12-13H,3-4,7-11H2,(H2,20,25)/t12-/m0/s1. The van der Waals surface area contributed by atoms with Gasteiger partial charge in [-0.25, -0.2) is 4.98 Å². The molecule has 1 saturated heterocycles. The molecule has 1 aromatic heterocycles. The van der Waals surface area contributed by atoms with E-state index >= 15 is 0 Å². The first-order valence-electron chi connectivity index (χ1n) is 9.26. The Labute approximate surface area is 160 Å². The molecule has 142 valence electrons. The van der Waals surface area contributed by atoms with Gasteiger partial charge in [0.15, 0.2) is 5.16 Å². The largest absolute Gasteiger partial charge is 0.369 e. The summed E-state index contributed by atoms with van der Waals surface area (Å²) in [5.74, 6) is -0.464. The summed E-state index contributed by atoms with van der Waals surface area (Å²) < 4.78 is 1.74. The lowest BCUT2D eigenvalue weighted by Crippen LogP contribution is -2.44. The molecule has 1 aromatic carbocycles. The Bertz CT molecular complexity index is 954. The number of thioether (sulfide) groups is 1. The number of benzene rings is 1. The van der Waals surface area contributed by atoms with Gasteiger partial charge < -0.3 is 10.6 Å². The van der Waals surface area contributed by atoms with Crippen molar-refractivity contribution in [3.8, 4) is 0 Å². The summed E-state index contributed by atoms with van der Waals surface area (Å²) >= 11 is 1.30. The maximum absolute atomic E-state index is 12.9. The summed E-state index contributed by atoms with van der Waals surface area (Å²) in [4.78, 5) is 43.2. The molecule has 2 heterocycles. The van der Waals surface area contributed by atoms with Crippen LogP contribution in [0.25, 0.3) is 10.9 Å². The van der Waals surface area contributed by atoms with Crippen molar-refractivity contribution in [3.63, 3.8) is 0 Å². The highest BCUT2D eigenvalue weighted by molar-refractivity contribution is 7.99. The van der Waals surface area contributed by atoms with E-state index in [1.54, 1.807) is 15.5 Å². The van der Waals surface area contributed by atoms with Gasteiger partial charge in [-0.3, -0.25) is 19.0 Å². The van der Waals surface area contributed by atoms with E-state index in [2.05, 4.69) is 4.98 Å². The second kappa shape index (κ2) is 7.34. The number of hydrogen-bond donors (Lipinski definition) is 1. The minimum absolute atomic E-state index is 0.0372. The van der Waals surface area contributed by atoms with Crippen LogP contribution in [-0.4, -0.2) is 45.1 Å². The van der Waals surface area contributed by atoms with Crippen LogP contribution in [0.15, 0.2) is 34.2 Å². The number of aromatic nitrogens is 2. The van der Waals surface area contributed by atoms with E-state index < -0.39 is 0 Å². The zero-order chi connectivity index (χ0) is 19.0. The predicted octanol–water partition coefficient (Wildman–Crippen LogP) is 1.55. The van der Waals surface area contributed by atoms with Crippen molar-refractivity contribution in [2.75, 3.05) is 18.8 Å². The number of fused-ring (bicyclic) bond motifs is 1. The summed E-state index contributed by atoms with van der Waals surface area (Å²) in [7, 11) is 0. The van der Waals surface area contributed by atoms with Crippen LogP contribution in [0, 0.1) is 5.92 Å². The second-order valence-corrected chi connectivity index (χ2v) is 8.13. The minimum Gasteiger partial charge on any atom is -0.369 e.